The Labute approximate surface area is 62.9 Å². The van der Waals surface area contributed by atoms with Crippen molar-refractivity contribution in [1.29, 1.82) is 0 Å². The van der Waals surface area contributed by atoms with Gasteiger partial charge in [-0.15, -0.1) is 0 Å². The van der Waals surface area contributed by atoms with Crippen LogP contribution in [0.2, 0.25) is 0 Å². The molecular weight excluding hydrogens is 148 g/mol. The van der Waals surface area contributed by atoms with Gasteiger partial charge in [-0.2, -0.15) is 0 Å². The highest BCUT2D eigenvalue weighted by molar-refractivity contribution is 5.30. The number of aromatic nitrogens is 2. The first kappa shape index (κ1) is 6.71. The summed E-state index contributed by atoms with van der Waals surface area (Å²) in [7, 11) is 0. The van der Waals surface area contributed by atoms with Crippen molar-refractivity contribution in [1.82, 2.24) is 20.3 Å². The number of nitrogens with zero attached hydrogens (tertiary/aromatic N) is 3. The quantitative estimate of drug-likeness (QED) is 0.435. The van der Waals surface area contributed by atoms with E-state index in [-0.39, 0.29) is 0 Å². The van der Waals surface area contributed by atoms with Gasteiger partial charge in [0, 0.05) is 5.27 Å². The minimum Gasteiger partial charge on any atom is -0.625 e. The van der Waals surface area contributed by atoms with Gasteiger partial charge in [0.15, 0.2) is 0 Å². The van der Waals surface area contributed by atoms with Gasteiger partial charge >= 0.3 is 0 Å². The minimum absolute atomic E-state index is 0.343. The van der Waals surface area contributed by atoms with Crippen molar-refractivity contribution in [2.24, 2.45) is 0 Å². The third-order valence-electron chi connectivity index (χ3n) is 1.78. The summed E-state index contributed by atoms with van der Waals surface area (Å²) in [4.78, 5) is 0. The van der Waals surface area contributed by atoms with Crippen LogP contribution >= 0.6 is 0 Å². The summed E-state index contributed by atoms with van der Waals surface area (Å²) >= 11 is 0. The lowest BCUT2D eigenvalue weighted by Crippen LogP contribution is -2.41. The van der Waals surface area contributed by atoms with E-state index in [0.717, 1.165) is 6.54 Å². The fraction of sp³-hybridized carbons (Fsp3) is 0.600. The van der Waals surface area contributed by atoms with Gasteiger partial charge in [0.05, 0.1) is 13.1 Å². The molecule has 1 aromatic heterocycles. The molecule has 1 unspecified atom stereocenters. The third kappa shape index (κ3) is 1.01. The van der Waals surface area contributed by atoms with Crippen molar-refractivity contribution >= 4 is 5.82 Å². The molecule has 6 nitrogen and oxygen atoms in total. The van der Waals surface area contributed by atoms with Crippen LogP contribution in [0.15, 0.2) is 10.8 Å². The summed E-state index contributed by atoms with van der Waals surface area (Å²) in [6.07, 6.45) is 1.29. The lowest BCUT2D eigenvalue weighted by atomic mass is 10.5. The number of nitrogens with one attached hydrogen (secondary N) is 1. The molecule has 1 saturated heterocycles. The SMILES string of the molecule is [O-][N+]1(c2conn2)CCNC1. The van der Waals surface area contributed by atoms with Crippen LogP contribution in [0.5, 0.6) is 0 Å². The number of hydrogen-bond donors (Lipinski definition) is 1. The molecule has 60 valence electrons. The summed E-state index contributed by atoms with van der Waals surface area (Å²) in [5.74, 6) is 0.343. The molecule has 2 heterocycles. The molecule has 0 saturated carbocycles. The largest absolute Gasteiger partial charge is 0.625 e. The fourth-order valence-electron chi connectivity index (χ4n) is 1.13. The molecule has 1 N–H and O–H groups in total. The van der Waals surface area contributed by atoms with Crippen LogP contribution in [-0.2, 0) is 0 Å². The zero-order valence-electron chi connectivity index (χ0n) is 5.86. The monoisotopic (exact) mass is 156 g/mol. The highest BCUT2D eigenvalue weighted by Gasteiger charge is 2.28. The van der Waals surface area contributed by atoms with Crippen LogP contribution < -0.4 is 9.96 Å². The van der Waals surface area contributed by atoms with Crippen LogP contribution in [0.1, 0.15) is 0 Å². The molecule has 1 fully saturated rings. The van der Waals surface area contributed by atoms with Gasteiger partial charge in [0.25, 0.3) is 5.82 Å². The molecule has 0 bridgehead atoms. The Kier molecular flexibility index (Phi) is 1.38. The Hall–Kier alpha value is -0.980. The summed E-state index contributed by atoms with van der Waals surface area (Å²) in [5, 5.41) is 21.4. The standard InChI is InChI=1S/C5H8N4O2/c10-9(2-1-6-4-9)5-3-11-8-7-5/h3,6H,1-2,4H2. The van der Waals surface area contributed by atoms with Gasteiger partial charge in [-0.1, -0.05) is 5.10 Å². The van der Waals surface area contributed by atoms with Crippen LogP contribution in [0, 0.1) is 5.21 Å². The smallest absolute Gasteiger partial charge is 0.289 e. The van der Waals surface area contributed by atoms with Crippen molar-refractivity contribution in [2.45, 2.75) is 0 Å². The summed E-state index contributed by atoms with van der Waals surface area (Å²) in [5.41, 5.74) is 0. The van der Waals surface area contributed by atoms with Crippen molar-refractivity contribution in [3.05, 3.63) is 11.5 Å². The lowest BCUT2D eigenvalue weighted by molar-refractivity contribution is 0.392. The maximum atomic E-state index is 11.7. The van der Waals surface area contributed by atoms with E-state index in [1.165, 1.54) is 6.26 Å². The van der Waals surface area contributed by atoms with Crippen LogP contribution in [0.3, 0.4) is 0 Å². The zero-order valence-corrected chi connectivity index (χ0v) is 5.86. The van der Waals surface area contributed by atoms with Crippen LogP contribution in [0.4, 0.5) is 5.82 Å². The molecule has 1 aromatic rings. The maximum Gasteiger partial charge on any atom is 0.289 e. The van der Waals surface area contributed by atoms with Gasteiger partial charge in [-0.3, -0.25) is 9.96 Å². The molecule has 1 aliphatic heterocycles. The minimum atomic E-state index is -0.469. The molecule has 11 heavy (non-hydrogen) atoms. The van der Waals surface area contributed by atoms with Crippen molar-refractivity contribution in [3.8, 4) is 0 Å². The fourth-order valence-corrected chi connectivity index (χ4v) is 1.13. The van der Waals surface area contributed by atoms with Crippen molar-refractivity contribution in [3.63, 3.8) is 0 Å². The van der Waals surface area contributed by atoms with Gasteiger partial charge in [0.2, 0.25) is 6.26 Å². The molecule has 0 aromatic carbocycles. The predicted molar refractivity (Wildman–Crippen MR) is 37.2 cm³/mol. The second kappa shape index (κ2) is 2.26. The van der Waals surface area contributed by atoms with E-state index in [2.05, 4.69) is 20.2 Å². The Bertz CT molecular complexity index is 229. The highest BCUT2D eigenvalue weighted by atomic mass is 16.6. The van der Waals surface area contributed by atoms with Gasteiger partial charge < -0.3 is 9.73 Å². The highest BCUT2D eigenvalue weighted by Crippen LogP contribution is 2.18. The molecule has 1 atom stereocenters. The van der Waals surface area contributed by atoms with E-state index in [1.54, 1.807) is 0 Å². The molecular formula is C5H8N4O2. The second-order valence-corrected chi connectivity index (χ2v) is 2.53. The van der Waals surface area contributed by atoms with E-state index in [9.17, 15) is 5.21 Å². The Morgan fingerprint density at radius 1 is 1.73 bits per heavy atom. The van der Waals surface area contributed by atoms with Crippen LogP contribution in [-0.4, -0.2) is 30.1 Å². The number of quaternary nitrogens is 1. The molecule has 0 spiro atoms. The van der Waals surface area contributed by atoms with E-state index in [4.69, 9.17) is 0 Å². The third-order valence-corrected chi connectivity index (χ3v) is 1.78. The van der Waals surface area contributed by atoms with Gasteiger partial charge in [-0.05, 0) is 0 Å². The predicted octanol–water partition coefficient (Wildman–Crippen LogP) is -0.565. The first-order valence-corrected chi connectivity index (χ1v) is 3.38. The average molecular weight is 156 g/mol. The van der Waals surface area contributed by atoms with E-state index < -0.39 is 4.65 Å². The molecule has 6 heteroatoms. The topological polar surface area (TPSA) is 74.0 Å². The number of hydroxylamine groups is 2. The van der Waals surface area contributed by atoms with E-state index in [1.807, 2.05) is 0 Å². The lowest BCUT2D eigenvalue weighted by Gasteiger charge is -2.32. The molecule has 1 aliphatic rings. The normalized spacial score (nSPS) is 31.0. The van der Waals surface area contributed by atoms with Crippen molar-refractivity contribution < 1.29 is 4.52 Å². The Balaban J connectivity index is 2.27. The number of hydrogen-bond acceptors (Lipinski definition) is 5. The summed E-state index contributed by atoms with van der Waals surface area (Å²) in [6, 6.07) is 0. The second-order valence-electron chi connectivity index (χ2n) is 2.53. The summed E-state index contributed by atoms with van der Waals surface area (Å²) < 4.78 is 4.02. The van der Waals surface area contributed by atoms with E-state index >= 15 is 0 Å². The zero-order chi connectivity index (χ0) is 7.73. The molecule has 0 amide bonds. The number of rotatable bonds is 1. The Morgan fingerprint density at radius 3 is 3.18 bits per heavy atom. The Morgan fingerprint density at radius 2 is 2.64 bits per heavy atom. The molecule has 0 aliphatic carbocycles. The van der Waals surface area contributed by atoms with Gasteiger partial charge in [0.1, 0.15) is 6.67 Å². The molecule has 0 radical (unpaired) electrons. The average Bonchev–Trinajstić information content (AvgIpc) is 2.55. The van der Waals surface area contributed by atoms with Crippen molar-refractivity contribution in [2.75, 3.05) is 19.8 Å². The van der Waals surface area contributed by atoms with E-state index in [0.29, 0.717) is 19.0 Å². The first-order chi connectivity index (χ1) is 5.31. The van der Waals surface area contributed by atoms with Gasteiger partial charge in [-0.25, -0.2) is 0 Å². The molecule has 2 rings (SSSR count). The summed E-state index contributed by atoms with van der Waals surface area (Å²) in [6.45, 7) is 1.57. The maximum absolute atomic E-state index is 11.7. The first-order valence-electron chi connectivity index (χ1n) is 3.38. The van der Waals surface area contributed by atoms with Crippen LogP contribution in [0.25, 0.3) is 0 Å².